The van der Waals surface area contributed by atoms with E-state index in [-0.39, 0.29) is 24.3 Å². The fraction of sp³-hybridized carbons (Fsp3) is 0.462. The van der Waals surface area contributed by atoms with Gasteiger partial charge in [-0.3, -0.25) is 4.79 Å². The normalized spacial score (nSPS) is 18.4. The van der Waals surface area contributed by atoms with Crippen molar-refractivity contribution in [3.63, 3.8) is 0 Å². The molecule has 0 radical (unpaired) electrons. The Bertz CT molecular complexity index is 462. The molecule has 0 aromatic heterocycles. The Kier molecular flexibility index (Phi) is 4.31. The van der Waals surface area contributed by atoms with Gasteiger partial charge in [0.15, 0.2) is 18.2 Å². The molecular weight excluding hydrogens is 254 g/mol. The van der Waals surface area contributed by atoms with Gasteiger partial charge >= 0.3 is 0 Å². The monoisotopic (exact) mass is 270 g/mol. The third-order valence-corrected chi connectivity index (χ3v) is 3.22. The lowest BCUT2D eigenvalue weighted by Crippen LogP contribution is -2.40. The number of amides is 1. The Labute approximate surface area is 110 Å². The molecule has 19 heavy (non-hydrogen) atoms. The van der Waals surface area contributed by atoms with Gasteiger partial charge in [0.2, 0.25) is 0 Å². The van der Waals surface area contributed by atoms with E-state index >= 15 is 0 Å². The summed E-state index contributed by atoms with van der Waals surface area (Å²) in [5.41, 5.74) is 0. The van der Waals surface area contributed by atoms with Crippen LogP contribution in [0.25, 0.3) is 0 Å². The quantitative estimate of drug-likeness (QED) is 0.893. The van der Waals surface area contributed by atoms with E-state index in [9.17, 15) is 13.6 Å². The molecule has 1 heterocycles. The maximum Gasteiger partial charge on any atom is 0.260 e. The van der Waals surface area contributed by atoms with Gasteiger partial charge in [-0.05, 0) is 25.1 Å². The van der Waals surface area contributed by atoms with Crippen molar-refractivity contribution in [1.29, 1.82) is 0 Å². The van der Waals surface area contributed by atoms with Crippen molar-refractivity contribution in [2.75, 3.05) is 26.7 Å². The van der Waals surface area contributed by atoms with Gasteiger partial charge in [0.05, 0.1) is 0 Å². The lowest BCUT2D eigenvalue weighted by atomic mass is 10.2. The van der Waals surface area contributed by atoms with Crippen LogP contribution in [0.3, 0.4) is 0 Å². The molecule has 1 unspecified atom stereocenters. The van der Waals surface area contributed by atoms with Gasteiger partial charge < -0.3 is 15.0 Å². The predicted octanol–water partition coefficient (Wildman–Crippen LogP) is 1.16. The van der Waals surface area contributed by atoms with Gasteiger partial charge in [0.25, 0.3) is 5.91 Å². The summed E-state index contributed by atoms with van der Waals surface area (Å²) in [5, 5.41) is 3.16. The third kappa shape index (κ3) is 3.41. The van der Waals surface area contributed by atoms with Gasteiger partial charge in [-0.1, -0.05) is 0 Å². The number of rotatable bonds is 4. The number of halogens is 2. The Morgan fingerprint density at radius 2 is 2.32 bits per heavy atom. The molecule has 4 nitrogen and oxygen atoms in total. The average molecular weight is 270 g/mol. The highest BCUT2D eigenvalue weighted by Crippen LogP contribution is 2.17. The van der Waals surface area contributed by atoms with Crippen LogP contribution >= 0.6 is 0 Å². The molecule has 1 amide bonds. The zero-order valence-electron chi connectivity index (χ0n) is 10.7. The number of carbonyl (C=O) groups is 1. The van der Waals surface area contributed by atoms with Crippen LogP contribution in [0.5, 0.6) is 5.75 Å². The van der Waals surface area contributed by atoms with E-state index in [1.807, 2.05) is 0 Å². The summed E-state index contributed by atoms with van der Waals surface area (Å²) >= 11 is 0. The van der Waals surface area contributed by atoms with Gasteiger partial charge in [-0.15, -0.1) is 0 Å². The van der Waals surface area contributed by atoms with E-state index in [1.165, 1.54) is 6.07 Å². The first-order valence-corrected chi connectivity index (χ1v) is 6.12. The van der Waals surface area contributed by atoms with Crippen LogP contribution < -0.4 is 10.1 Å². The van der Waals surface area contributed by atoms with Crippen molar-refractivity contribution < 1.29 is 18.3 Å². The van der Waals surface area contributed by atoms with Crippen molar-refractivity contribution >= 4 is 5.91 Å². The summed E-state index contributed by atoms with van der Waals surface area (Å²) in [6.07, 6.45) is 0.896. The highest BCUT2D eigenvalue weighted by Gasteiger charge is 2.23. The van der Waals surface area contributed by atoms with Crippen LogP contribution in [0.4, 0.5) is 8.78 Å². The van der Waals surface area contributed by atoms with Crippen LogP contribution in [0, 0.1) is 11.6 Å². The number of nitrogens with one attached hydrogen (secondary N) is 1. The van der Waals surface area contributed by atoms with E-state index in [4.69, 9.17) is 4.74 Å². The smallest absolute Gasteiger partial charge is 0.260 e. The minimum absolute atomic E-state index is 0.118. The minimum atomic E-state index is -0.807. The fourth-order valence-corrected chi connectivity index (χ4v) is 2.01. The van der Waals surface area contributed by atoms with Crippen LogP contribution in [-0.2, 0) is 4.79 Å². The van der Waals surface area contributed by atoms with E-state index in [2.05, 4.69) is 5.32 Å². The van der Waals surface area contributed by atoms with Gasteiger partial charge in [-0.2, -0.15) is 0 Å². The van der Waals surface area contributed by atoms with E-state index in [0.717, 1.165) is 31.6 Å². The minimum Gasteiger partial charge on any atom is -0.481 e. The largest absolute Gasteiger partial charge is 0.481 e. The van der Waals surface area contributed by atoms with E-state index < -0.39 is 11.6 Å². The zero-order valence-corrected chi connectivity index (χ0v) is 10.7. The molecule has 1 aliphatic rings. The summed E-state index contributed by atoms with van der Waals surface area (Å²) in [5.74, 6) is -1.83. The molecule has 1 atom stereocenters. The number of nitrogens with zero attached hydrogens (tertiary/aromatic N) is 1. The maximum atomic E-state index is 13.3. The standard InChI is InChI=1S/C13H16F2N2O2/c1-17(10-4-5-16-7-10)13(18)8-19-12-3-2-9(14)6-11(12)15/h2-3,6,10,16H,4-5,7-8H2,1H3. The first-order valence-electron chi connectivity index (χ1n) is 6.12. The molecular formula is C13H16F2N2O2. The molecule has 2 rings (SSSR count). The van der Waals surface area contributed by atoms with Gasteiger partial charge in [0, 0.05) is 25.7 Å². The van der Waals surface area contributed by atoms with E-state index in [1.54, 1.807) is 11.9 Å². The molecule has 6 heteroatoms. The molecule has 1 aromatic carbocycles. The van der Waals surface area contributed by atoms with Crippen molar-refractivity contribution in [1.82, 2.24) is 10.2 Å². The van der Waals surface area contributed by atoms with Crippen LogP contribution in [0.1, 0.15) is 6.42 Å². The summed E-state index contributed by atoms with van der Waals surface area (Å²) in [6, 6.07) is 3.14. The third-order valence-electron chi connectivity index (χ3n) is 3.22. The second-order valence-corrected chi connectivity index (χ2v) is 4.51. The molecule has 1 aliphatic heterocycles. The second kappa shape index (κ2) is 5.97. The second-order valence-electron chi connectivity index (χ2n) is 4.51. The topological polar surface area (TPSA) is 41.6 Å². The number of likely N-dealkylation sites (N-methyl/N-ethyl adjacent to an activating group) is 1. The zero-order chi connectivity index (χ0) is 13.8. The Morgan fingerprint density at radius 3 is 2.95 bits per heavy atom. The Balaban J connectivity index is 1.89. The average Bonchev–Trinajstić information content (AvgIpc) is 2.90. The molecule has 1 aromatic rings. The molecule has 1 N–H and O–H groups in total. The Hall–Kier alpha value is -1.69. The van der Waals surface area contributed by atoms with Gasteiger partial charge in [0.1, 0.15) is 5.82 Å². The molecule has 1 saturated heterocycles. The van der Waals surface area contributed by atoms with E-state index in [0.29, 0.717) is 0 Å². The van der Waals surface area contributed by atoms with Crippen LogP contribution in [0.2, 0.25) is 0 Å². The highest BCUT2D eigenvalue weighted by atomic mass is 19.1. The number of carbonyl (C=O) groups excluding carboxylic acids is 1. The van der Waals surface area contributed by atoms with Crippen LogP contribution in [-0.4, -0.2) is 43.6 Å². The highest BCUT2D eigenvalue weighted by molar-refractivity contribution is 5.77. The first-order chi connectivity index (χ1) is 9.08. The predicted molar refractivity (Wildman–Crippen MR) is 65.9 cm³/mol. The molecule has 104 valence electrons. The summed E-state index contributed by atoms with van der Waals surface area (Å²) in [6.45, 7) is 1.39. The van der Waals surface area contributed by atoms with Crippen molar-refractivity contribution in [3.8, 4) is 5.75 Å². The fourth-order valence-electron chi connectivity index (χ4n) is 2.01. The molecule has 0 spiro atoms. The number of ether oxygens (including phenoxy) is 1. The summed E-state index contributed by atoms with van der Waals surface area (Å²) in [7, 11) is 1.70. The van der Waals surface area contributed by atoms with Crippen LogP contribution in [0.15, 0.2) is 18.2 Å². The Morgan fingerprint density at radius 1 is 1.53 bits per heavy atom. The molecule has 0 saturated carbocycles. The van der Waals surface area contributed by atoms with Crippen molar-refractivity contribution in [2.24, 2.45) is 0 Å². The molecule has 0 bridgehead atoms. The summed E-state index contributed by atoms with van der Waals surface area (Å²) in [4.78, 5) is 13.5. The lowest BCUT2D eigenvalue weighted by molar-refractivity contribution is -0.133. The number of hydrogen-bond acceptors (Lipinski definition) is 3. The number of benzene rings is 1. The SMILES string of the molecule is CN(C(=O)COc1ccc(F)cc1F)C1CCNC1. The molecule has 0 aliphatic carbocycles. The summed E-state index contributed by atoms with van der Waals surface area (Å²) < 4.78 is 31.1. The van der Waals surface area contributed by atoms with Crippen molar-refractivity contribution in [2.45, 2.75) is 12.5 Å². The molecule has 1 fully saturated rings. The first kappa shape index (κ1) is 13.7. The maximum absolute atomic E-state index is 13.3. The lowest BCUT2D eigenvalue weighted by Gasteiger charge is -2.23. The van der Waals surface area contributed by atoms with Gasteiger partial charge in [-0.25, -0.2) is 8.78 Å². The number of hydrogen-bond donors (Lipinski definition) is 1. The van der Waals surface area contributed by atoms with Crippen molar-refractivity contribution in [3.05, 3.63) is 29.8 Å².